The number of hydrogen-bond acceptors (Lipinski definition) is 12. The summed E-state index contributed by atoms with van der Waals surface area (Å²) in [5.41, 5.74) is 3.59. The van der Waals surface area contributed by atoms with Crippen molar-refractivity contribution in [3.05, 3.63) is 102 Å². The van der Waals surface area contributed by atoms with Gasteiger partial charge in [0.2, 0.25) is 11.8 Å². The van der Waals surface area contributed by atoms with Crippen molar-refractivity contribution in [3.8, 4) is 21.9 Å². The van der Waals surface area contributed by atoms with Gasteiger partial charge < -0.3 is 23.8 Å². The smallest absolute Gasteiger partial charge is 0.455 e. The number of piperidine rings is 1. The number of rotatable bonds is 11. The number of fused-ring (bicyclic) bond motifs is 2. The van der Waals surface area contributed by atoms with Crippen molar-refractivity contribution in [2.45, 2.75) is 64.2 Å². The molecule has 13 nitrogen and oxygen atoms in total. The quantitative estimate of drug-likeness (QED) is 0.115. The number of halogens is 1. The first-order chi connectivity index (χ1) is 31.7. The highest BCUT2D eigenvalue weighted by atomic mass is 32.1. The summed E-state index contributed by atoms with van der Waals surface area (Å²) in [6.07, 6.45) is 1.31. The predicted molar refractivity (Wildman–Crippen MR) is 254 cm³/mol. The van der Waals surface area contributed by atoms with Crippen molar-refractivity contribution in [1.29, 1.82) is 0 Å². The first kappa shape index (κ1) is 44.2. The Morgan fingerprint density at radius 1 is 0.727 bits per heavy atom. The zero-order valence-electron chi connectivity index (χ0n) is 37.8. The van der Waals surface area contributed by atoms with Crippen LogP contribution in [0.3, 0.4) is 0 Å². The molecule has 16 heteroatoms. The van der Waals surface area contributed by atoms with E-state index in [1.165, 1.54) is 12.1 Å². The third-order valence-electron chi connectivity index (χ3n) is 14.2. The van der Waals surface area contributed by atoms with Crippen LogP contribution in [0.25, 0.3) is 20.5 Å². The molecule has 5 aliphatic heterocycles. The minimum absolute atomic E-state index is 0.0939. The molecule has 6 heterocycles. The summed E-state index contributed by atoms with van der Waals surface area (Å²) in [4.78, 5) is 62.3. The van der Waals surface area contributed by atoms with Crippen LogP contribution in [0.5, 0.6) is 11.5 Å². The number of nitrogens with zero attached hydrogens (tertiary/aromatic N) is 5. The normalized spacial score (nSPS) is 21.3. The van der Waals surface area contributed by atoms with E-state index in [4.69, 9.17) is 14.0 Å². The SMILES string of the molecule is CC1(C)OB(c2ccc3c(Oc4ccc(N5CCN(CCCN6CCN(c7ccc8c(c7)C(=O)N(C7CCC(=O)NC7=O)C8=O)CC6)CC5)cc4)c(-c4ccc(F)cc4)sc3c2)OC1(C)C. The number of hydrogen-bond donors (Lipinski definition) is 1. The van der Waals surface area contributed by atoms with Crippen LogP contribution < -0.4 is 25.3 Å². The monoisotopic (exact) mass is 912 g/mol. The van der Waals surface area contributed by atoms with Crippen molar-refractivity contribution < 1.29 is 37.6 Å². The number of imide groups is 2. The van der Waals surface area contributed by atoms with Gasteiger partial charge in [0.25, 0.3) is 11.8 Å². The summed E-state index contributed by atoms with van der Waals surface area (Å²) in [7, 11) is -0.482. The van der Waals surface area contributed by atoms with Gasteiger partial charge in [0.15, 0.2) is 5.75 Å². The van der Waals surface area contributed by atoms with Crippen molar-refractivity contribution in [1.82, 2.24) is 20.0 Å². The Bertz CT molecular complexity index is 2680. The number of nitrogens with one attached hydrogen (secondary N) is 1. The van der Waals surface area contributed by atoms with Gasteiger partial charge in [-0.3, -0.25) is 39.2 Å². The molecule has 5 aromatic rings. The van der Waals surface area contributed by atoms with E-state index in [0.717, 1.165) is 126 Å². The van der Waals surface area contributed by atoms with Crippen LogP contribution in [-0.4, -0.2) is 128 Å². The first-order valence-electron chi connectivity index (χ1n) is 23.0. The molecule has 66 heavy (non-hydrogen) atoms. The van der Waals surface area contributed by atoms with Crippen LogP contribution in [0.1, 0.15) is 67.7 Å². The largest absolute Gasteiger partial charge is 0.494 e. The molecule has 4 saturated heterocycles. The molecule has 1 N–H and O–H groups in total. The molecule has 5 aliphatic rings. The average Bonchev–Trinajstić information content (AvgIpc) is 3.87. The minimum atomic E-state index is -0.971. The molecule has 0 spiro atoms. The molecule has 342 valence electrons. The van der Waals surface area contributed by atoms with Gasteiger partial charge in [-0.25, -0.2) is 4.39 Å². The zero-order valence-corrected chi connectivity index (χ0v) is 38.6. The lowest BCUT2D eigenvalue weighted by Crippen LogP contribution is -2.54. The van der Waals surface area contributed by atoms with Crippen LogP contribution in [0.2, 0.25) is 0 Å². The third kappa shape index (κ3) is 8.49. The van der Waals surface area contributed by atoms with Gasteiger partial charge in [-0.2, -0.15) is 0 Å². The number of benzene rings is 4. The highest BCUT2D eigenvalue weighted by Gasteiger charge is 2.52. The Labute approximate surface area is 388 Å². The molecule has 0 radical (unpaired) electrons. The van der Waals surface area contributed by atoms with E-state index in [9.17, 15) is 23.6 Å². The number of piperazine rings is 2. The van der Waals surface area contributed by atoms with E-state index in [2.05, 4.69) is 76.9 Å². The van der Waals surface area contributed by atoms with E-state index in [1.807, 2.05) is 24.3 Å². The molecule has 10 rings (SSSR count). The average molecular weight is 913 g/mol. The van der Waals surface area contributed by atoms with Crippen LogP contribution in [0, 0.1) is 5.82 Å². The minimum Gasteiger partial charge on any atom is -0.455 e. The number of ether oxygens (including phenoxy) is 1. The van der Waals surface area contributed by atoms with Crippen molar-refractivity contribution in [3.63, 3.8) is 0 Å². The molecule has 0 aliphatic carbocycles. The molecule has 0 saturated carbocycles. The zero-order chi connectivity index (χ0) is 45.9. The van der Waals surface area contributed by atoms with Crippen LogP contribution in [-0.2, 0) is 18.9 Å². The Kier molecular flexibility index (Phi) is 11.7. The van der Waals surface area contributed by atoms with Crippen molar-refractivity contribution >= 4 is 69.0 Å². The highest BCUT2D eigenvalue weighted by Crippen LogP contribution is 2.47. The number of anilines is 2. The van der Waals surface area contributed by atoms with Crippen molar-refractivity contribution in [2.75, 3.05) is 75.2 Å². The topological polar surface area (TPSA) is 124 Å². The second-order valence-corrected chi connectivity index (χ2v) is 19.9. The van der Waals surface area contributed by atoms with Gasteiger partial charge in [0.05, 0.1) is 27.2 Å². The lowest BCUT2D eigenvalue weighted by Gasteiger charge is -2.38. The van der Waals surface area contributed by atoms with Gasteiger partial charge in [-0.05, 0) is 125 Å². The summed E-state index contributed by atoms with van der Waals surface area (Å²) in [6, 6.07) is 25.5. The number of amides is 4. The predicted octanol–water partition coefficient (Wildman–Crippen LogP) is 6.53. The Morgan fingerprint density at radius 2 is 1.33 bits per heavy atom. The Morgan fingerprint density at radius 3 is 1.97 bits per heavy atom. The fourth-order valence-corrected chi connectivity index (χ4v) is 10.8. The van der Waals surface area contributed by atoms with E-state index in [-0.39, 0.29) is 24.6 Å². The molecule has 1 unspecified atom stereocenters. The third-order valence-corrected chi connectivity index (χ3v) is 15.4. The first-order valence-corrected chi connectivity index (χ1v) is 23.8. The molecule has 1 aromatic heterocycles. The van der Waals surface area contributed by atoms with Crippen LogP contribution in [0.4, 0.5) is 15.8 Å². The molecule has 1 atom stereocenters. The lowest BCUT2D eigenvalue weighted by atomic mass is 9.79. The van der Waals surface area contributed by atoms with E-state index in [1.54, 1.807) is 35.6 Å². The highest BCUT2D eigenvalue weighted by molar-refractivity contribution is 7.22. The van der Waals surface area contributed by atoms with Gasteiger partial charge in [0.1, 0.15) is 17.6 Å². The maximum Gasteiger partial charge on any atom is 0.494 e. The van der Waals surface area contributed by atoms with E-state index < -0.39 is 42.1 Å². The van der Waals surface area contributed by atoms with E-state index in [0.29, 0.717) is 11.1 Å². The van der Waals surface area contributed by atoms with Gasteiger partial charge in [-0.15, -0.1) is 11.3 Å². The van der Waals surface area contributed by atoms with Gasteiger partial charge in [0, 0.05) is 80.2 Å². The van der Waals surface area contributed by atoms with Crippen LogP contribution >= 0.6 is 11.3 Å². The molecule has 0 bridgehead atoms. The van der Waals surface area contributed by atoms with E-state index >= 15 is 0 Å². The molecule has 4 fully saturated rings. The summed E-state index contributed by atoms with van der Waals surface area (Å²) in [6.45, 7) is 17.5. The molecule has 4 amide bonds. The second-order valence-electron chi connectivity index (χ2n) is 18.9. The molecule has 4 aromatic carbocycles. The molecular weight excluding hydrogens is 858 g/mol. The lowest BCUT2D eigenvalue weighted by molar-refractivity contribution is -0.136. The maximum absolute atomic E-state index is 14.0. The summed E-state index contributed by atoms with van der Waals surface area (Å²) < 4.78 is 34.4. The number of carbonyl (C=O) groups is 4. The standard InChI is InChI=1S/C50H54BFN6O7S/c1-49(2)50(3,4)65-51(64-49)33-8-16-39-42(30-33)66-45(32-6-9-34(52)10-7-32)44(39)63-37-14-11-35(12-15-37)56-26-22-54(23-27-56)20-5-21-55-24-28-57(29-25-55)36-13-17-38-40(31-36)48(62)58(47(38)61)41-18-19-43(59)53-46(41)60/h6-17,30-31,41H,5,18-29H2,1-4H3,(H,53,59,60). The Hall–Kier alpha value is -5.65. The van der Waals surface area contributed by atoms with Crippen LogP contribution in [0.15, 0.2) is 84.9 Å². The maximum atomic E-state index is 14.0. The number of thiophene rings is 1. The summed E-state index contributed by atoms with van der Waals surface area (Å²) in [5, 5.41) is 3.22. The molecular formula is C50H54BFN6O7S. The summed E-state index contributed by atoms with van der Waals surface area (Å²) in [5.74, 6) is -0.774. The Balaban J connectivity index is 0.704. The fourth-order valence-electron chi connectivity index (χ4n) is 9.58. The fraction of sp³-hybridized carbons (Fsp3) is 0.400. The van der Waals surface area contributed by atoms with Gasteiger partial charge >= 0.3 is 7.12 Å². The van der Waals surface area contributed by atoms with Gasteiger partial charge in [-0.1, -0.05) is 24.3 Å². The van der Waals surface area contributed by atoms with Crippen molar-refractivity contribution in [2.24, 2.45) is 0 Å². The number of carbonyl (C=O) groups excluding carboxylic acids is 4. The second kappa shape index (κ2) is 17.5. The summed E-state index contributed by atoms with van der Waals surface area (Å²) >= 11 is 1.61.